The van der Waals surface area contributed by atoms with Gasteiger partial charge in [0, 0.05) is 6.42 Å². The summed E-state index contributed by atoms with van der Waals surface area (Å²) in [5, 5.41) is 9.97. The van der Waals surface area contributed by atoms with Crippen molar-refractivity contribution in [3.8, 4) is 0 Å². The smallest absolute Gasteiger partial charge is 0.146 e. The molecule has 1 heterocycles. The van der Waals surface area contributed by atoms with Gasteiger partial charge in [0.15, 0.2) is 0 Å². The number of aliphatic hydroxyl groups is 1. The quantitative estimate of drug-likeness (QED) is 0.923. The molecular formula is C12H9BrClFO2. The lowest BCUT2D eigenvalue weighted by atomic mass is 10.1. The van der Waals surface area contributed by atoms with Crippen LogP contribution in [0.2, 0.25) is 5.02 Å². The van der Waals surface area contributed by atoms with E-state index in [1.807, 2.05) is 0 Å². The monoisotopic (exact) mass is 318 g/mol. The van der Waals surface area contributed by atoms with Gasteiger partial charge >= 0.3 is 0 Å². The summed E-state index contributed by atoms with van der Waals surface area (Å²) in [6.45, 7) is 0. The summed E-state index contributed by atoms with van der Waals surface area (Å²) >= 11 is 8.90. The highest BCUT2D eigenvalue weighted by molar-refractivity contribution is 9.10. The van der Waals surface area contributed by atoms with Gasteiger partial charge in [-0.2, -0.15) is 0 Å². The van der Waals surface area contributed by atoms with Crippen molar-refractivity contribution in [1.82, 2.24) is 0 Å². The number of halogens is 3. The van der Waals surface area contributed by atoms with E-state index < -0.39 is 11.9 Å². The number of benzene rings is 1. The molecule has 0 aliphatic rings. The van der Waals surface area contributed by atoms with E-state index >= 15 is 0 Å². The predicted octanol–water partition coefficient (Wildman–Crippen LogP) is 4.11. The SMILES string of the molecule is OC(Cc1cccc(Cl)c1F)c1occc1Br. The minimum absolute atomic E-state index is 0.0493. The van der Waals surface area contributed by atoms with Crippen molar-refractivity contribution in [1.29, 1.82) is 0 Å². The van der Waals surface area contributed by atoms with E-state index in [-0.39, 0.29) is 11.4 Å². The summed E-state index contributed by atoms with van der Waals surface area (Å²) in [6, 6.07) is 6.37. The van der Waals surface area contributed by atoms with Crippen LogP contribution in [0.25, 0.3) is 0 Å². The second-order valence-corrected chi connectivity index (χ2v) is 4.83. The molecule has 0 aliphatic carbocycles. The van der Waals surface area contributed by atoms with Gasteiger partial charge in [-0.15, -0.1) is 0 Å². The minimum atomic E-state index is -0.910. The largest absolute Gasteiger partial charge is 0.465 e. The first-order valence-electron chi connectivity index (χ1n) is 4.93. The van der Waals surface area contributed by atoms with Crippen molar-refractivity contribution in [3.05, 3.63) is 57.2 Å². The van der Waals surface area contributed by atoms with Crippen LogP contribution in [0.3, 0.4) is 0 Å². The lowest BCUT2D eigenvalue weighted by Crippen LogP contribution is -2.03. The summed E-state index contributed by atoms with van der Waals surface area (Å²) in [5.74, 6) is -0.125. The molecule has 5 heteroatoms. The normalized spacial score (nSPS) is 12.7. The Balaban J connectivity index is 2.22. The zero-order chi connectivity index (χ0) is 12.4. The molecule has 1 atom stereocenters. The summed E-state index contributed by atoms with van der Waals surface area (Å²) < 4.78 is 19.4. The molecule has 1 aromatic heterocycles. The molecule has 0 spiro atoms. The van der Waals surface area contributed by atoms with Gasteiger partial charge in [0.1, 0.15) is 17.7 Å². The molecule has 2 nitrogen and oxygen atoms in total. The first kappa shape index (κ1) is 12.6. The standard InChI is InChI=1S/C12H9BrClFO2/c13-8-4-5-17-12(8)10(16)6-7-2-1-3-9(14)11(7)15/h1-5,10,16H,6H2. The Morgan fingerprint density at radius 1 is 1.41 bits per heavy atom. The van der Waals surface area contributed by atoms with Gasteiger partial charge in [-0.1, -0.05) is 23.7 Å². The number of rotatable bonds is 3. The summed E-state index contributed by atoms with van der Waals surface area (Å²) in [5.41, 5.74) is 0.355. The summed E-state index contributed by atoms with van der Waals surface area (Å²) in [7, 11) is 0. The Kier molecular flexibility index (Phi) is 3.86. The van der Waals surface area contributed by atoms with Crippen molar-refractivity contribution in [2.45, 2.75) is 12.5 Å². The summed E-state index contributed by atoms with van der Waals surface area (Å²) in [4.78, 5) is 0. The lowest BCUT2D eigenvalue weighted by Gasteiger charge is -2.10. The Labute approximate surface area is 111 Å². The van der Waals surface area contributed by atoms with Crippen molar-refractivity contribution < 1.29 is 13.9 Å². The van der Waals surface area contributed by atoms with Crippen molar-refractivity contribution >= 4 is 27.5 Å². The molecule has 0 bridgehead atoms. The fourth-order valence-electron chi connectivity index (χ4n) is 1.55. The van der Waals surface area contributed by atoms with E-state index in [1.54, 1.807) is 18.2 Å². The van der Waals surface area contributed by atoms with E-state index in [1.165, 1.54) is 12.3 Å². The molecule has 2 rings (SSSR count). The van der Waals surface area contributed by atoms with Gasteiger partial charge in [-0.05, 0) is 33.6 Å². The predicted molar refractivity (Wildman–Crippen MR) is 66.5 cm³/mol. The van der Waals surface area contributed by atoms with Crippen LogP contribution in [0.4, 0.5) is 4.39 Å². The topological polar surface area (TPSA) is 33.4 Å². The third-order valence-corrected chi connectivity index (χ3v) is 3.34. The van der Waals surface area contributed by atoms with E-state index in [0.29, 0.717) is 15.8 Å². The summed E-state index contributed by atoms with van der Waals surface area (Å²) in [6.07, 6.45) is 0.655. The van der Waals surface area contributed by atoms with Crippen LogP contribution in [0, 0.1) is 5.82 Å². The van der Waals surface area contributed by atoms with Crippen molar-refractivity contribution in [3.63, 3.8) is 0 Å². The molecule has 0 fully saturated rings. The third-order valence-electron chi connectivity index (χ3n) is 2.39. The third kappa shape index (κ3) is 2.70. The Morgan fingerprint density at radius 2 is 2.18 bits per heavy atom. The molecule has 90 valence electrons. The van der Waals surface area contributed by atoms with Crippen LogP contribution < -0.4 is 0 Å². The van der Waals surface area contributed by atoms with Crippen molar-refractivity contribution in [2.24, 2.45) is 0 Å². The average molecular weight is 320 g/mol. The highest BCUT2D eigenvalue weighted by atomic mass is 79.9. The van der Waals surface area contributed by atoms with Gasteiger partial charge in [-0.25, -0.2) is 4.39 Å². The van der Waals surface area contributed by atoms with Gasteiger partial charge in [0.2, 0.25) is 0 Å². The first-order chi connectivity index (χ1) is 8.09. The van der Waals surface area contributed by atoms with Gasteiger partial charge in [-0.3, -0.25) is 0 Å². The maximum atomic E-state index is 13.6. The Morgan fingerprint density at radius 3 is 2.82 bits per heavy atom. The zero-order valence-corrected chi connectivity index (χ0v) is 11.0. The van der Waals surface area contributed by atoms with Crippen molar-refractivity contribution in [2.75, 3.05) is 0 Å². The zero-order valence-electron chi connectivity index (χ0n) is 8.66. The minimum Gasteiger partial charge on any atom is -0.465 e. The molecular weight excluding hydrogens is 310 g/mol. The van der Waals surface area contributed by atoms with Gasteiger partial charge in [0.05, 0.1) is 15.8 Å². The lowest BCUT2D eigenvalue weighted by molar-refractivity contribution is 0.148. The Hall–Kier alpha value is -0.840. The molecule has 0 saturated heterocycles. The van der Waals surface area contributed by atoms with Crippen LogP contribution >= 0.6 is 27.5 Å². The molecule has 1 aromatic carbocycles. The second-order valence-electron chi connectivity index (χ2n) is 3.57. The Bertz CT molecular complexity index is 527. The molecule has 1 N–H and O–H groups in total. The number of aliphatic hydroxyl groups excluding tert-OH is 1. The van der Waals surface area contributed by atoms with Gasteiger partial charge < -0.3 is 9.52 Å². The molecule has 17 heavy (non-hydrogen) atoms. The average Bonchev–Trinajstić information content (AvgIpc) is 2.71. The first-order valence-corrected chi connectivity index (χ1v) is 6.10. The van der Waals surface area contributed by atoms with E-state index in [2.05, 4.69) is 15.9 Å². The molecule has 0 amide bonds. The fraction of sp³-hybridized carbons (Fsp3) is 0.167. The maximum absolute atomic E-state index is 13.6. The maximum Gasteiger partial charge on any atom is 0.146 e. The van der Waals surface area contributed by atoms with Crippen LogP contribution in [-0.2, 0) is 6.42 Å². The molecule has 0 saturated carbocycles. The highest BCUT2D eigenvalue weighted by Gasteiger charge is 2.18. The van der Waals surface area contributed by atoms with E-state index in [0.717, 1.165) is 0 Å². The van der Waals surface area contributed by atoms with E-state index in [9.17, 15) is 9.50 Å². The van der Waals surface area contributed by atoms with Crippen LogP contribution in [-0.4, -0.2) is 5.11 Å². The number of hydrogen-bond donors (Lipinski definition) is 1. The van der Waals surface area contributed by atoms with Gasteiger partial charge in [0.25, 0.3) is 0 Å². The molecule has 2 aromatic rings. The van der Waals surface area contributed by atoms with Crippen LogP contribution in [0.5, 0.6) is 0 Å². The van der Waals surface area contributed by atoms with Crippen LogP contribution in [0.1, 0.15) is 17.4 Å². The second kappa shape index (κ2) is 5.21. The molecule has 0 radical (unpaired) electrons. The molecule has 1 unspecified atom stereocenters. The molecule has 0 aliphatic heterocycles. The highest BCUT2D eigenvalue weighted by Crippen LogP contribution is 2.28. The van der Waals surface area contributed by atoms with Crippen LogP contribution in [0.15, 0.2) is 39.4 Å². The number of hydrogen-bond acceptors (Lipinski definition) is 2. The number of furan rings is 1. The van der Waals surface area contributed by atoms with E-state index in [4.69, 9.17) is 16.0 Å². The fourth-order valence-corrected chi connectivity index (χ4v) is 2.21.